The highest BCUT2D eigenvalue weighted by Gasteiger charge is 2.14. The fraction of sp³-hybridized carbons (Fsp3) is 0.100. The van der Waals surface area contributed by atoms with Crippen LogP contribution in [0.1, 0.15) is 9.67 Å². The van der Waals surface area contributed by atoms with Crippen molar-refractivity contribution < 1.29 is 19.9 Å². The molecule has 0 bridgehead atoms. The van der Waals surface area contributed by atoms with Crippen molar-refractivity contribution in [3.8, 4) is 0 Å². The Balaban J connectivity index is 2.61. The number of hydrogen-bond acceptors (Lipinski definition) is 6. The fourth-order valence-corrected chi connectivity index (χ4v) is 2.48. The average molecular weight is 239 g/mol. The maximum Gasteiger partial charge on any atom is 0.348 e. The zero-order valence-corrected chi connectivity index (χ0v) is 9.19. The van der Waals surface area contributed by atoms with Gasteiger partial charge in [0.15, 0.2) is 0 Å². The smallest absolute Gasteiger partial charge is 0.348 e. The van der Waals surface area contributed by atoms with Crippen molar-refractivity contribution in [2.45, 2.75) is 0 Å². The van der Waals surface area contributed by atoms with Crippen molar-refractivity contribution in [3.05, 3.63) is 29.1 Å². The summed E-state index contributed by atoms with van der Waals surface area (Å²) in [5, 5.41) is 18.8. The quantitative estimate of drug-likeness (QED) is 0.621. The lowest BCUT2D eigenvalue weighted by molar-refractivity contribution is 0.0300. The lowest BCUT2D eigenvalue weighted by Crippen LogP contribution is -2.10. The highest BCUT2D eigenvalue weighted by Crippen LogP contribution is 2.33. The molecule has 5 nitrogen and oxygen atoms in total. The molecule has 0 radical (unpaired) electrons. The zero-order chi connectivity index (χ0) is 11.7. The number of carbonyl (C=O) groups excluding carboxylic acids is 1. The second-order valence-corrected chi connectivity index (χ2v) is 4.14. The molecule has 6 heteroatoms. The number of fused-ring (bicyclic) bond motifs is 1. The fourth-order valence-electron chi connectivity index (χ4n) is 1.41. The van der Waals surface area contributed by atoms with Crippen LogP contribution in [0.4, 0.5) is 5.69 Å². The van der Waals surface area contributed by atoms with Crippen LogP contribution in [0.2, 0.25) is 0 Å². The van der Waals surface area contributed by atoms with Gasteiger partial charge >= 0.3 is 5.97 Å². The Morgan fingerprint density at radius 3 is 2.81 bits per heavy atom. The lowest BCUT2D eigenvalue weighted by Gasteiger charge is -2.07. The second-order valence-electron chi connectivity index (χ2n) is 3.09. The van der Waals surface area contributed by atoms with E-state index < -0.39 is 5.97 Å². The van der Waals surface area contributed by atoms with Crippen molar-refractivity contribution in [3.63, 3.8) is 0 Å². The number of ether oxygens (including phenoxy) is 1. The Morgan fingerprint density at radius 2 is 2.19 bits per heavy atom. The van der Waals surface area contributed by atoms with Gasteiger partial charge in [-0.15, -0.1) is 16.6 Å². The Hall–Kier alpha value is -1.63. The van der Waals surface area contributed by atoms with Crippen LogP contribution in [0.3, 0.4) is 0 Å². The monoisotopic (exact) mass is 239 g/mol. The van der Waals surface area contributed by atoms with Crippen LogP contribution in [0.5, 0.6) is 0 Å². The van der Waals surface area contributed by atoms with E-state index in [2.05, 4.69) is 4.74 Å². The molecule has 1 heterocycles. The van der Waals surface area contributed by atoms with Gasteiger partial charge in [0, 0.05) is 0 Å². The highest BCUT2D eigenvalue weighted by atomic mass is 32.1. The molecule has 0 unspecified atom stereocenters. The number of rotatable bonds is 2. The van der Waals surface area contributed by atoms with Gasteiger partial charge in [0.25, 0.3) is 0 Å². The van der Waals surface area contributed by atoms with Crippen LogP contribution in [-0.4, -0.2) is 23.5 Å². The molecule has 0 spiro atoms. The van der Waals surface area contributed by atoms with E-state index in [0.29, 0.717) is 9.58 Å². The molecule has 1 aromatic heterocycles. The first-order valence-corrected chi connectivity index (χ1v) is 5.24. The van der Waals surface area contributed by atoms with Crippen molar-refractivity contribution >= 4 is 33.1 Å². The number of anilines is 1. The van der Waals surface area contributed by atoms with Crippen LogP contribution < -0.4 is 5.23 Å². The molecule has 0 aliphatic heterocycles. The predicted octanol–water partition coefficient (Wildman–Crippen LogP) is 2.27. The van der Waals surface area contributed by atoms with E-state index in [4.69, 9.17) is 10.4 Å². The van der Waals surface area contributed by atoms with Gasteiger partial charge < -0.3 is 4.74 Å². The number of thiophene rings is 1. The van der Waals surface area contributed by atoms with Crippen molar-refractivity contribution in [1.82, 2.24) is 0 Å². The van der Waals surface area contributed by atoms with Gasteiger partial charge in [-0.3, -0.25) is 10.4 Å². The normalized spacial score (nSPS) is 10.4. The first-order valence-electron chi connectivity index (χ1n) is 4.42. The molecule has 0 aliphatic carbocycles. The van der Waals surface area contributed by atoms with Gasteiger partial charge in [0.1, 0.15) is 10.6 Å². The molecule has 0 atom stereocenters. The van der Waals surface area contributed by atoms with Crippen LogP contribution in [-0.2, 0) is 4.74 Å². The number of carbonyl (C=O) groups is 1. The highest BCUT2D eigenvalue weighted by molar-refractivity contribution is 7.21. The van der Waals surface area contributed by atoms with Gasteiger partial charge in [0.05, 0.1) is 11.8 Å². The van der Waals surface area contributed by atoms with Gasteiger partial charge in [-0.2, -0.15) is 0 Å². The number of esters is 1. The van der Waals surface area contributed by atoms with Crippen molar-refractivity contribution in [2.75, 3.05) is 12.3 Å². The molecule has 0 fully saturated rings. The average Bonchev–Trinajstić information content (AvgIpc) is 2.70. The standard InChI is InChI=1S/C10H9NO4S/c1-15-10(12)8-5-6-3-2-4-7(11(13)14)9(6)16-8/h2-5,13-14H,1H3. The summed E-state index contributed by atoms with van der Waals surface area (Å²) in [7, 11) is 1.30. The number of nitrogens with zero attached hydrogens (tertiary/aromatic N) is 1. The molecule has 84 valence electrons. The third-order valence-corrected chi connectivity index (χ3v) is 3.28. The van der Waals surface area contributed by atoms with Crippen LogP contribution in [0.15, 0.2) is 24.3 Å². The summed E-state index contributed by atoms with van der Waals surface area (Å²) < 4.78 is 5.22. The molecular weight excluding hydrogens is 230 g/mol. The molecule has 0 aliphatic rings. The number of methoxy groups -OCH3 is 1. The van der Waals surface area contributed by atoms with E-state index in [1.165, 1.54) is 7.11 Å². The second kappa shape index (κ2) is 4.09. The minimum atomic E-state index is -0.436. The van der Waals surface area contributed by atoms with Gasteiger partial charge in [0.2, 0.25) is 0 Å². The summed E-state index contributed by atoms with van der Waals surface area (Å²) >= 11 is 1.15. The van der Waals surface area contributed by atoms with Gasteiger partial charge in [-0.1, -0.05) is 12.1 Å². The summed E-state index contributed by atoms with van der Waals surface area (Å²) in [6, 6.07) is 6.65. The maximum absolute atomic E-state index is 11.3. The Labute approximate surface area is 95.0 Å². The van der Waals surface area contributed by atoms with E-state index in [1.54, 1.807) is 24.3 Å². The minimum Gasteiger partial charge on any atom is -0.465 e. The summed E-state index contributed by atoms with van der Waals surface area (Å²) in [5.74, 6) is -0.436. The first-order chi connectivity index (χ1) is 7.63. The number of benzene rings is 1. The van der Waals surface area contributed by atoms with E-state index in [9.17, 15) is 4.79 Å². The third-order valence-electron chi connectivity index (χ3n) is 2.13. The predicted molar refractivity (Wildman–Crippen MR) is 59.2 cm³/mol. The molecule has 16 heavy (non-hydrogen) atoms. The van der Waals surface area contributed by atoms with E-state index in [1.807, 2.05) is 0 Å². The van der Waals surface area contributed by atoms with Crippen LogP contribution in [0, 0.1) is 0 Å². The molecule has 0 saturated carbocycles. The molecule has 0 saturated heterocycles. The Bertz CT molecular complexity index is 535. The summed E-state index contributed by atoms with van der Waals surface area (Å²) in [6.45, 7) is 0. The molecule has 2 N–H and O–H groups in total. The topological polar surface area (TPSA) is 70.0 Å². The molecule has 1 aromatic carbocycles. The molecule has 0 amide bonds. The summed E-state index contributed by atoms with van der Waals surface area (Å²) in [5.41, 5.74) is 0.234. The molecule has 2 aromatic rings. The SMILES string of the molecule is COC(=O)c1cc2cccc(N(O)O)c2s1. The van der Waals surface area contributed by atoms with E-state index >= 15 is 0 Å². The minimum absolute atomic E-state index is 0.0416. The van der Waals surface area contributed by atoms with Crippen LogP contribution >= 0.6 is 11.3 Å². The van der Waals surface area contributed by atoms with Crippen molar-refractivity contribution in [2.24, 2.45) is 0 Å². The zero-order valence-electron chi connectivity index (χ0n) is 8.38. The van der Waals surface area contributed by atoms with Gasteiger partial charge in [-0.05, 0) is 17.5 Å². The Morgan fingerprint density at radius 1 is 1.44 bits per heavy atom. The summed E-state index contributed by atoms with van der Waals surface area (Å²) in [6.07, 6.45) is 0. The molecule has 2 rings (SSSR count). The van der Waals surface area contributed by atoms with E-state index in [-0.39, 0.29) is 10.9 Å². The van der Waals surface area contributed by atoms with Crippen LogP contribution in [0.25, 0.3) is 10.1 Å². The largest absolute Gasteiger partial charge is 0.465 e. The maximum atomic E-state index is 11.3. The first kappa shape index (κ1) is 10.9. The number of hydrogen-bond donors (Lipinski definition) is 2. The lowest BCUT2D eigenvalue weighted by atomic mass is 10.2. The summed E-state index contributed by atoms with van der Waals surface area (Å²) in [4.78, 5) is 11.7. The molecular formula is C10H9NO4S. The third kappa shape index (κ3) is 1.73. The van der Waals surface area contributed by atoms with Gasteiger partial charge in [-0.25, -0.2) is 4.79 Å². The van der Waals surface area contributed by atoms with E-state index in [0.717, 1.165) is 16.7 Å². The Kier molecular flexibility index (Phi) is 2.78. The van der Waals surface area contributed by atoms with Crippen molar-refractivity contribution in [1.29, 1.82) is 0 Å².